The summed E-state index contributed by atoms with van der Waals surface area (Å²) in [6.45, 7) is 6.49. The first kappa shape index (κ1) is 9.87. The van der Waals surface area contributed by atoms with Gasteiger partial charge in [-0.25, -0.2) is 4.98 Å². The first-order chi connectivity index (χ1) is 7.43. The summed E-state index contributed by atoms with van der Waals surface area (Å²) in [4.78, 5) is 15.4. The van der Waals surface area contributed by atoms with Crippen molar-refractivity contribution in [1.82, 2.24) is 9.55 Å². The molecule has 2 atom stereocenters. The van der Waals surface area contributed by atoms with Crippen LogP contribution in [-0.4, -0.2) is 20.6 Å². The molecule has 0 aromatic carbocycles. The summed E-state index contributed by atoms with van der Waals surface area (Å²) in [7, 11) is 0. The summed E-state index contributed by atoms with van der Waals surface area (Å²) in [5, 5.41) is 8.87. The Morgan fingerprint density at radius 3 is 2.94 bits per heavy atom. The maximum atomic E-state index is 10.8. The number of imidazole rings is 1. The van der Waals surface area contributed by atoms with Gasteiger partial charge in [0.15, 0.2) is 0 Å². The Labute approximate surface area is 94.3 Å². The van der Waals surface area contributed by atoms with Crippen LogP contribution in [-0.2, 0) is 17.8 Å². The molecule has 1 N–H and O–H groups in total. The number of rotatable bonds is 2. The van der Waals surface area contributed by atoms with Crippen LogP contribution < -0.4 is 0 Å². The molecule has 1 saturated carbocycles. The molecule has 1 heterocycles. The molecule has 2 aliphatic carbocycles. The summed E-state index contributed by atoms with van der Waals surface area (Å²) < 4.78 is 1.86. The van der Waals surface area contributed by atoms with Gasteiger partial charge in [-0.1, -0.05) is 13.8 Å². The van der Waals surface area contributed by atoms with Gasteiger partial charge in [0.25, 0.3) is 0 Å². The molecule has 0 amide bonds. The summed E-state index contributed by atoms with van der Waals surface area (Å²) in [6, 6.07) is 0. The zero-order chi connectivity index (χ0) is 11.7. The predicted molar refractivity (Wildman–Crippen MR) is 58.3 cm³/mol. The average Bonchev–Trinajstić information content (AvgIpc) is 2.49. The van der Waals surface area contributed by atoms with Gasteiger partial charge < -0.3 is 9.67 Å². The van der Waals surface area contributed by atoms with Crippen molar-refractivity contribution in [3.63, 3.8) is 0 Å². The van der Waals surface area contributed by atoms with Crippen LogP contribution in [0.15, 0.2) is 0 Å². The topological polar surface area (TPSA) is 55.1 Å². The Bertz CT molecular complexity index is 487. The lowest BCUT2D eigenvalue weighted by molar-refractivity contribution is -0.137. The van der Waals surface area contributed by atoms with Crippen molar-refractivity contribution >= 4 is 5.97 Å². The lowest BCUT2D eigenvalue weighted by atomic mass is 10.0. The standard InChI is InChI=1S/C12H16N2O2/c1-6-13-11-8(14(6)5-9(15)16)4-7-10(11)12(7,2)3/h7,10H,4-5H2,1-3H3,(H,15,16)/t7-,10+/m1/s1. The average molecular weight is 220 g/mol. The lowest BCUT2D eigenvalue weighted by Crippen LogP contribution is -2.14. The minimum absolute atomic E-state index is 0.0496. The highest BCUT2D eigenvalue weighted by Crippen LogP contribution is 2.69. The summed E-state index contributed by atoms with van der Waals surface area (Å²) in [5.74, 6) is 1.30. The van der Waals surface area contributed by atoms with E-state index in [1.54, 1.807) is 0 Å². The third-order valence-electron chi connectivity index (χ3n) is 4.35. The largest absolute Gasteiger partial charge is 0.480 e. The fourth-order valence-electron chi connectivity index (χ4n) is 3.32. The van der Waals surface area contributed by atoms with E-state index in [4.69, 9.17) is 5.11 Å². The van der Waals surface area contributed by atoms with Crippen LogP contribution in [0.25, 0.3) is 0 Å². The van der Waals surface area contributed by atoms with Gasteiger partial charge >= 0.3 is 5.97 Å². The number of aliphatic carboxylic acids is 1. The van der Waals surface area contributed by atoms with Gasteiger partial charge in [-0.3, -0.25) is 4.79 Å². The zero-order valence-corrected chi connectivity index (χ0v) is 9.82. The minimum Gasteiger partial charge on any atom is -0.480 e. The Morgan fingerprint density at radius 2 is 2.31 bits per heavy atom. The Morgan fingerprint density at radius 1 is 1.62 bits per heavy atom. The molecule has 0 aliphatic heterocycles. The van der Waals surface area contributed by atoms with E-state index in [0.29, 0.717) is 17.3 Å². The molecule has 16 heavy (non-hydrogen) atoms. The second kappa shape index (κ2) is 2.67. The second-order valence-corrected chi connectivity index (χ2v) is 5.58. The van der Waals surface area contributed by atoms with Crippen LogP contribution in [0.4, 0.5) is 0 Å². The number of aryl methyl sites for hydroxylation is 1. The number of carboxylic acids is 1. The molecule has 4 heteroatoms. The molecule has 3 rings (SSSR count). The molecule has 1 fully saturated rings. The van der Waals surface area contributed by atoms with Gasteiger partial charge in [0.2, 0.25) is 0 Å². The van der Waals surface area contributed by atoms with E-state index in [1.807, 2.05) is 11.5 Å². The van der Waals surface area contributed by atoms with Crippen LogP contribution in [0.3, 0.4) is 0 Å². The zero-order valence-electron chi connectivity index (χ0n) is 9.82. The summed E-state index contributed by atoms with van der Waals surface area (Å²) in [5.41, 5.74) is 2.70. The third kappa shape index (κ3) is 1.05. The quantitative estimate of drug-likeness (QED) is 0.823. The van der Waals surface area contributed by atoms with Gasteiger partial charge in [-0.05, 0) is 24.7 Å². The maximum absolute atomic E-state index is 10.8. The number of nitrogens with zero attached hydrogens (tertiary/aromatic N) is 2. The molecule has 86 valence electrons. The maximum Gasteiger partial charge on any atom is 0.323 e. The second-order valence-electron chi connectivity index (χ2n) is 5.58. The highest BCUT2D eigenvalue weighted by molar-refractivity contribution is 5.67. The van der Waals surface area contributed by atoms with Crippen molar-refractivity contribution in [3.05, 3.63) is 17.2 Å². The third-order valence-corrected chi connectivity index (χ3v) is 4.35. The van der Waals surface area contributed by atoms with Crippen molar-refractivity contribution in [2.75, 3.05) is 0 Å². The highest BCUT2D eigenvalue weighted by Gasteiger charge is 2.64. The van der Waals surface area contributed by atoms with Gasteiger partial charge in [0, 0.05) is 11.6 Å². The van der Waals surface area contributed by atoms with Crippen LogP contribution >= 0.6 is 0 Å². The number of fused-ring (bicyclic) bond motifs is 3. The molecular formula is C12H16N2O2. The van der Waals surface area contributed by atoms with E-state index in [-0.39, 0.29) is 6.54 Å². The van der Waals surface area contributed by atoms with E-state index in [9.17, 15) is 4.79 Å². The highest BCUT2D eigenvalue weighted by atomic mass is 16.4. The SMILES string of the molecule is Cc1nc2c(n1CC(=O)O)C[C@@H]1[C@@H]2C1(C)C. The van der Waals surface area contributed by atoms with Crippen LogP contribution in [0.1, 0.15) is 37.0 Å². The van der Waals surface area contributed by atoms with Crippen molar-refractivity contribution in [1.29, 1.82) is 0 Å². The van der Waals surface area contributed by atoms with E-state index in [1.165, 1.54) is 0 Å². The molecule has 0 bridgehead atoms. The van der Waals surface area contributed by atoms with Gasteiger partial charge in [0.1, 0.15) is 12.4 Å². The summed E-state index contributed by atoms with van der Waals surface area (Å²) >= 11 is 0. The van der Waals surface area contributed by atoms with E-state index >= 15 is 0 Å². The molecular weight excluding hydrogens is 204 g/mol. The number of aromatic nitrogens is 2. The molecule has 0 spiro atoms. The fourth-order valence-corrected chi connectivity index (χ4v) is 3.32. The van der Waals surface area contributed by atoms with Crippen molar-refractivity contribution in [2.45, 2.75) is 39.7 Å². The first-order valence-corrected chi connectivity index (χ1v) is 5.70. The molecule has 1 aromatic rings. The van der Waals surface area contributed by atoms with E-state index in [0.717, 1.165) is 23.6 Å². The molecule has 0 saturated heterocycles. The minimum atomic E-state index is -0.789. The Balaban J connectivity index is 2.01. The van der Waals surface area contributed by atoms with Gasteiger partial charge in [0.05, 0.1) is 5.69 Å². The Kier molecular flexibility index (Phi) is 1.65. The number of carboxylic acid groups (broad SMARTS) is 1. The number of hydrogen-bond donors (Lipinski definition) is 1. The summed E-state index contributed by atoms with van der Waals surface area (Å²) in [6.07, 6.45) is 1.00. The molecule has 2 aliphatic rings. The van der Waals surface area contributed by atoms with Crippen LogP contribution in [0, 0.1) is 18.3 Å². The fraction of sp³-hybridized carbons (Fsp3) is 0.667. The lowest BCUT2D eigenvalue weighted by Gasteiger charge is -2.10. The van der Waals surface area contributed by atoms with Crippen LogP contribution in [0.5, 0.6) is 0 Å². The van der Waals surface area contributed by atoms with Gasteiger partial charge in [-0.2, -0.15) is 0 Å². The van der Waals surface area contributed by atoms with Crippen LogP contribution in [0.2, 0.25) is 0 Å². The smallest absolute Gasteiger partial charge is 0.323 e. The normalized spacial score (nSPS) is 28.7. The molecule has 4 nitrogen and oxygen atoms in total. The molecule has 0 radical (unpaired) electrons. The number of hydrogen-bond acceptors (Lipinski definition) is 2. The van der Waals surface area contributed by atoms with Crippen molar-refractivity contribution in [2.24, 2.45) is 11.3 Å². The Hall–Kier alpha value is -1.32. The van der Waals surface area contributed by atoms with Crippen molar-refractivity contribution < 1.29 is 9.90 Å². The monoisotopic (exact) mass is 220 g/mol. The molecule has 0 unspecified atom stereocenters. The van der Waals surface area contributed by atoms with Crippen molar-refractivity contribution in [3.8, 4) is 0 Å². The molecule has 1 aromatic heterocycles. The van der Waals surface area contributed by atoms with E-state index < -0.39 is 5.97 Å². The first-order valence-electron chi connectivity index (χ1n) is 5.70. The van der Waals surface area contributed by atoms with E-state index in [2.05, 4.69) is 18.8 Å². The predicted octanol–water partition coefficient (Wildman–Crippen LogP) is 1.57. The van der Waals surface area contributed by atoms with Gasteiger partial charge in [-0.15, -0.1) is 0 Å². The number of carbonyl (C=O) groups is 1.